The molecular formula is C14H19NOS. The number of rotatable bonds is 2. The molecule has 1 saturated carbocycles. The lowest BCUT2D eigenvalue weighted by Crippen LogP contribution is -2.36. The van der Waals surface area contributed by atoms with Gasteiger partial charge >= 0.3 is 0 Å². The Bertz CT molecular complexity index is 430. The number of aryl methyl sites for hydroxylation is 1. The van der Waals surface area contributed by atoms with Gasteiger partial charge in [-0.1, -0.05) is 19.4 Å². The van der Waals surface area contributed by atoms with E-state index >= 15 is 0 Å². The first-order chi connectivity index (χ1) is 8.08. The molecule has 1 aromatic rings. The minimum absolute atomic E-state index is 0.0390. The molecule has 2 unspecified atom stereocenters. The molecule has 1 aliphatic rings. The number of amides is 1. The van der Waals surface area contributed by atoms with Crippen LogP contribution in [0.3, 0.4) is 0 Å². The Labute approximate surface area is 108 Å². The largest absolute Gasteiger partial charge is 0.349 e. The second-order valence-corrected chi connectivity index (χ2v) is 5.50. The Balaban J connectivity index is 2.11. The van der Waals surface area contributed by atoms with E-state index in [-0.39, 0.29) is 5.91 Å². The molecule has 1 fully saturated rings. The van der Waals surface area contributed by atoms with Crippen LogP contribution in [0.4, 0.5) is 0 Å². The molecule has 1 aliphatic carbocycles. The summed E-state index contributed by atoms with van der Waals surface area (Å²) in [6.45, 7) is 4.17. The lowest BCUT2D eigenvalue weighted by atomic mass is 10.0. The van der Waals surface area contributed by atoms with E-state index in [9.17, 15) is 4.79 Å². The van der Waals surface area contributed by atoms with Crippen LogP contribution in [0.15, 0.2) is 23.1 Å². The summed E-state index contributed by atoms with van der Waals surface area (Å²) in [6.07, 6.45) is 3.54. The van der Waals surface area contributed by atoms with Crippen molar-refractivity contribution < 1.29 is 4.79 Å². The number of carbonyl (C=O) groups excluding carboxylic acids is 1. The maximum atomic E-state index is 12.2. The fraction of sp³-hybridized carbons (Fsp3) is 0.500. The average Bonchev–Trinajstić information content (AvgIpc) is 2.68. The van der Waals surface area contributed by atoms with Crippen molar-refractivity contribution in [2.24, 2.45) is 5.92 Å². The molecule has 2 rings (SSSR count). The van der Waals surface area contributed by atoms with Crippen molar-refractivity contribution in [3.63, 3.8) is 0 Å². The van der Waals surface area contributed by atoms with Crippen molar-refractivity contribution >= 4 is 18.5 Å². The minimum atomic E-state index is 0.0390. The minimum Gasteiger partial charge on any atom is -0.349 e. The highest BCUT2D eigenvalue weighted by Gasteiger charge is 2.25. The van der Waals surface area contributed by atoms with E-state index in [4.69, 9.17) is 0 Å². The zero-order valence-electron chi connectivity index (χ0n) is 10.4. The predicted molar refractivity (Wildman–Crippen MR) is 72.7 cm³/mol. The molecule has 2 nitrogen and oxygen atoms in total. The highest BCUT2D eigenvalue weighted by molar-refractivity contribution is 7.80. The zero-order valence-corrected chi connectivity index (χ0v) is 11.3. The fourth-order valence-corrected chi connectivity index (χ4v) is 2.66. The van der Waals surface area contributed by atoms with Crippen LogP contribution >= 0.6 is 12.6 Å². The molecule has 0 spiro atoms. The third-order valence-corrected chi connectivity index (χ3v) is 3.92. The number of hydrogen-bond acceptors (Lipinski definition) is 2. The fourth-order valence-electron chi connectivity index (χ4n) is 2.46. The molecule has 1 aromatic carbocycles. The summed E-state index contributed by atoms with van der Waals surface area (Å²) >= 11 is 4.28. The van der Waals surface area contributed by atoms with Gasteiger partial charge in [0.25, 0.3) is 5.91 Å². The number of nitrogens with one attached hydrogen (secondary N) is 1. The van der Waals surface area contributed by atoms with Gasteiger partial charge in [-0.25, -0.2) is 0 Å². The second-order valence-electron chi connectivity index (χ2n) is 4.99. The number of thiol groups is 1. The summed E-state index contributed by atoms with van der Waals surface area (Å²) in [5, 5.41) is 3.14. The lowest BCUT2D eigenvalue weighted by molar-refractivity contribution is 0.0929. The smallest absolute Gasteiger partial charge is 0.251 e. The van der Waals surface area contributed by atoms with Gasteiger partial charge in [0.05, 0.1) is 0 Å². The van der Waals surface area contributed by atoms with Gasteiger partial charge < -0.3 is 5.32 Å². The molecule has 0 radical (unpaired) electrons. The van der Waals surface area contributed by atoms with E-state index in [2.05, 4.69) is 24.9 Å². The van der Waals surface area contributed by atoms with Crippen molar-refractivity contribution in [2.45, 2.75) is 44.0 Å². The van der Waals surface area contributed by atoms with E-state index < -0.39 is 0 Å². The normalized spacial score (nSPS) is 23.7. The summed E-state index contributed by atoms with van der Waals surface area (Å²) < 4.78 is 0. The van der Waals surface area contributed by atoms with Gasteiger partial charge in [-0.05, 0) is 43.4 Å². The molecule has 0 aromatic heterocycles. The van der Waals surface area contributed by atoms with Crippen LogP contribution in [0.5, 0.6) is 0 Å². The first-order valence-corrected chi connectivity index (χ1v) is 6.63. The number of hydrogen-bond donors (Lipinski definition) is 2. The van der Waals surface area contributed by atoms with E-state index in [1.165, 1.54) is 12.8 Å². The predicted octanol–water partition coefficient (Wildman–Crippen LogP) is 3.20. The lowest BCUT2D eigenvalue weighted by Gasteiger charge is -2.18. The third-order valence-electron chi connectivity index (χ3n) is 3.64. The Morgan fingerprint density at radius 3 is 2.82 bits per heavy atom. The standard InChI is InChI=1S/C14H19NOS/c1-9-6-7-11(17)8-12(9)14(16)15-13-5-3-4-10(13)2/h6-8,10,13,17H,3-5H2,1-2H3,(H,15,16). The Kier molecular flexibility index (Phi) is 3.77. The molecule has 1 amide bonds. The topological polar surface area (TPSA) is 29.1 Å². The van der Waals surface area contributed by atoms with Crippen LogP contribution in [0.2, 0.25) is 0 Å². The summed E-state index contributed by atoms with van der Waals surface area (Å²) in [5.74, 6) is 0.635. The van der Waals surface area contributed by atoms with Gasteiger partial charge in [-0.3, -0.25) is 4.79 Å². The maximum absolute atomic E-state index is 12.2. The van der Waals surface area contributed by atoms with Crippen molar-refractivity contribution in [1.82, 2.24) is 5.32 Å². The Morgan fingerprint density at radius 2 is 2.18 bits per heavy atom. The van der Waals surface area contributed by atoms with E-state index in [0.717, 1.165) is 22.4 Å². The highest BCUT2D eigenvalue weighted by atomic mass is 32.1. The van der Waals surface area contributed by atoms with Crippen LogP contribution < -0.4 is 5.32 Å². The Morgan fingerprint density at radius 1 is 1.41 bits per heavy atom. The first-order valence-electron chi connectivity index (χ1n) is 6.18. The van der Waals surface area contributed by atoms with Crippen LogP contribution in [-0.2, 0) is 0 Å². The SMILES string of the molecule is Cc1ccc(S)cc1C(=O)NC1CCCC1C. The average molecular weight is 249 g/mol. The van der Waals surface area contributed by atoms with Crippen molar-refractivity contribution in [2.75, 3.05) is 0 Å². The van der Waals surface area contributed by atoms with E-state index in [1.807, 2.05) is 25.1 Å². The van der Waals surface area contributed by atoms with Gasteiger partial charge in [-0.15, -0.1) is 12.6 Å². The molecule has 0 heterocycles. The molecular weight excluding hydrogens is 230 g/mol. The molecule has 0 saturated heterocycles. The summed E-state index contributed by atoms with van der Waals surface area (Å²) in [5.41, 5.74) is 1.75. The first kappa shape index (κ1) is 12.5. The molecule has 0 aliphatic heterocycles. The molecule has 0 bridgehead atoms. The monoisotopic (exact) mass is 249 g/mol. The van der Waals surface area contributed by atoms with Crippen LogP contribution in [0, 0.1) is 12.8 Å². The van der Waals surface area contributed by atoms with E-state index in [1.54, 1.807) is 0 Å². The summed E-state index contributed by atoms with van der Waals surface area (Å²) in [6, 6.07) is 6.03. The molecule has 3 heteroatoms. The quantitative estimate of drug-likeness (QED) is 0.774. The van der Waals surface area contributed by atoms with Gasteiger partial charge in [-0.2, -0.15) is 0 Å². The molecule has 92 valence electrons. The van der Waals surface area contributed by atoms with Crippen LogP contribution in [0.25, 0.3) is 0 Å². The molecule has 17 heavy (non-hydrogen) atoms. The Hall–Kier alpha value is -0.960. The molecule has 1 N–H and O–H groups in total. The van der Waals surface area contributed by atoms with Gasteiger partial charge in [0.1, 0.15) is 0 Å². The summed E-state index contributed by atoms with van der Waals surface area (Å²) in [4.78, 5) is 13.0. The van der Waals surface area contributed by atoms with Gasteiger partial charge in [0.2, 0.25) is 0 Å². The highest BCUT2D eigenvalue weighted by Crippen LogP contribution is 2.25. The number of benzene rings is 1. The van der Waals surface area contributed by atoms with Crippen molar-refractivity contribution in [3.05, 3.63) is 29.3 Å². The third kappa shape index (κ3) is 2.83. The van der Waals surface area contributed by atoms with Crippen LogP contribution in [-0.4, -0.2) is 11.9 Å². The van der Waals surface area contributed by atoms with Crippen molar-refractivity contribution in [1.29, 1.82) is 0 Å². The van der Waals surface area contributed by atoms with Gasteiger partial charge in [0.15, 0.2) is 0 Å². The van der Waals surface area contributed by atoms with Gasteiger partial charge in [0, 0.05) is 16.5 Å². The molecule has 2 atom stereocenters. The second kappa shape index (κ2) is 5.13. The summed E-state index contributed by atoms with van der Waals surface area (Å²) in [7, 11) is 0. The van der Waals surface area contributed by atoms with Crippen molar-refractivity contribution in [3.8, 4) is 0 Å². The van der Waals surface area contributed by atoms with Crippen LogP contribution in [0.1, 0.15) is 42.1 Å². The zero-order chi connectivity index (χ0) is 12.4. The maximum Gasteiger partial charge on any atom is 0.251 e. The number of carbonyl (C=O) groups is 1. The van der Waals surface area contributed by atoms with E-state index in [0.29, 0.717) is 12.0 Å².